The Bertz CT molecular complexity index is 736. The standard InChI is InChI=1S/C15H15F2NO2S/c1-18-21(2,19)12-9-7-11(8-10-12)13-5-3-4-6-14(13)20-15(16)17/h3-10,15H,1-2H3. The fourth-order valence-electron chi connectivity index (χ4n) is 1.90. The zero-order chi connectivity index (χ0) is 15.5. The predicted molar refractivity (Wildman–Crippen MR) is 79.2 cm³/mol. The van der Waals surface area contributed by atoms with Crippen molar-refractivity contribution in [3.8, 4) is 16.9 Å². The second-order valence-electron chi connectivity index (χ2n) is 4.38. The van der Waals surface area contributed by atoms with Gasteiger partial charge in [0.05, 0.1) is 9.73 Å². The second-order valence-corrected chi connectivity index (χ2v) is 6.83. The Labute approximate surface area is 122 Å². The minimum absolute atomic E-state index is 0.109. The molecule has 0 radical (unpaired) electrons. The zero-order valence-electron chi connectivity index (χ0n) is 11.6. The van der Waals surface area contributed by atoms with Crippen LogP contribution in [0.3, 0.4) is 0 Å². The summed E-state index contributed by atoms with van der Waals surface area (Å²) in [6, 6.07) is 13.4. The van der Waals surface area contributed by atoms with E-state index in [-0.39, 0.29) is 5.75 Å². The highest BCUT2D eigenvalue weighted by Crippen LogP contribution is 2.31. The summed E-state index contributed by atoms with van der Waals surface area (Å²) >= 11 is 0. The van der Waals surface area contributed by atoms with Crippen molar-refractivity contribution in [1.29, 1.82) is 0 Å². The van der Waals surface area contributed by atoms with Crippen LogP contribution < -0.4 is 4.74 Å². The number of para-hydroxylation sites is 1. The van der Waals surface area contributed by atoms with E-state index in [1.54, 1.807) is 48.7 Å². The lowest BCUT2D eigenvalue weighted by molar-refractivity contribution is -0.0494. The van der Waals surface area contributed by atoms with E-state index in [1.165, 1.54) is 13.1 Å². The number of ether oxygens (including phenoxy) is 1. The van der Waals surface area contributed by atoms with Crippen LogP contribution in [0, 0.1) is 0 Å². The molecular formula is C15H15F2NO2S. The number of rotatable bonds is 4. The largest absolute Gasteiger partial charge is 0.434 e. The van der Waals surface area contributed by atoms with Gasteiger partial charge in [-0.25, -0.2) is 8.57 Å². The molecule has 2 aromatic carbocycles. The highest BCUT2D eigenvalue weighted by molar-refractivity contribution is 7.93. The lowest BCUT2D eigenvalue weighted by atomic mass is 10.1. The summed E-state index contributed by atoms with van der Waals surface area (Å²) in [4.78, 5) is 0.598. The maximum absolute atomic E-state index is 12.4. The number of hydrogen-bond acceptors (Lipinski definition) is 3. The van der Waals surface area contributed by atoms with Gasteiger partial charge >= 0.3 is 6.61 Å². The van der Waals surface area contributed by atoms with Crippen molar-refractivity contribution in [1.82, 2.24) is 0 Å². The van der Waals surface area contributed by atoms with Gasteiger partial charge in [-0.15, -0.1) is 0 Å². The first-order valence-corrected chi connectivity index (χ1v) is 8.11. The Balaban J connectivity index is 2.42. The Hall–Kier alpha value is -1.95. The van der Waals surface area contributed by atoms with Gasteiger partial charge in [-0.2, -0.15) is 8.78 Å². The van der Waals surface area contributed by atoms with Crippen LogP contribution in [0.4, 0.5) is 8.78 Å². The van der Waals surface area contributed by atoms with E-state index in [0.717, 1.165) is 0 Å². The average molecular weight is 311 g/mol. The molecule has 0 amide bonds. The highest BCUT2D eigenvalue weighted by atomic mass is 32.2. The molecule has 0 saturated carbocycles. The van der Waals surface area contributed by atoms with Gasteiger partial charge in [0.2, 0.25) is 0 Å². The molecule has 0 saturated heterocycles. The summed E-state index contributed by atoms with van der Waals surface area (Å²) in [5, 5.41) is 0. The van der Waals surface area contributed by atoms with Gasteiger partial charge in [-0.05, 0) is 23.8 Å². The van der Waals surface area contributed by atoms with E-state index < -0.39 is 16.3 Å². The molecule has 0 aliphatic carbocycles. The van der Waals surface area contributed by atoms with Gasteiger partial charge in [0.1, 0.15) is 5.75 Å². The summed E-state index contributed by atoms with van der Waals surface area (Å²) in [5.41, 5.74) is 1.27. The molecule has 2 aromatic rings. The van der Waals surface area contributed by atoms with Crippen molar-refractivity contribution in [2.75, 3.05) is 13.3 Å². The first-order valence-electron chi connectivity index (χ1n) is 6.18. The number of nitrogens with zero attached hydrogens (tertiary/aromatic N) is 1. The first-order chi connectivity index (χ1) is 9.94. The van der Waals surface area contributed by atoms with Crippen molar-refractivity contribution < 1.29 is 17.7 Å². The third-order valence-electron chi connectivity index (χ3n) is 3.05. The number of halogens is 2. The molecular weight excluding hydrogens is 296 g/mol. The Kier molecular flexibility index (Phi) is 4.57. The Morgan fingerprint density at radius 1 is 1.10 bits per heavy atom. The molecule has 0 heterocycles. The smallest absolute Gasteiger partial charge is 0.387 e. The van der Waals surface area contributed by atoms with Crippen LogP contribution in [0.25, 0.3) is 11.1 Å². The topological polar surface area (TPSA) is 38.7 Å². The fraction of sp³-hybridized carbons (Fsp3) is 0.200. The van der Waals surface area contributed by atoms with Crippen LogP contribution in [0.1, 0.15) is 0 Å². The lowest BCUT2D eigenvalue weighted by Gasteiger charge is -2.11. The van der Waals surface area contributed by atoms with Gasteiger partial charge < -0.3 is 4.74 Å². The van der Waals surface area contributed by atoms with Gasteiger partial charge in [-0.1, -0.05) is 30.3 Å². The molecule has 0 aromatic heterocycles. The van der Waals surface area contributed by atoms with E-state index in [9.17, 15) is 13.0 Å². The minimum Gasteiger partial charge on any atom is -0.434 e. The molecule has 21 heavy (non-hydrogen) atoms. The Morgan fingerprint density at radius 3 is 2.29 bits per heavy atom. The molecule has 0 aliphatic rings. The molecule has 112 valence electrons. The third-order valence-corrected chi connectivity index (χ3v) is 4.90. The van der Waals surface area contributed by atoms with Crippen LogP contribution in [0.15, 0.2) is 57.8 Å². The summed E-state index contributed by atoms with van der Waals surface area (Å²) in [7, 11) is -0.901. The molecule has 0 fully saturated rings. The zero-order valence-corrected chi connectivity index (χ0v) is 12.4. The van der Waals surface area contributed by atoms with Crippen LogP contribution in [-0.2, 0) is 9.73 Å². The van der Waals surface area contributed by atoms with E-state index in [2.05, 4.69) is 9.10 Å². The molecule has 0 spiro atoms. The number of alkyl halides is 2. The molecule has 6 heteroatoms. The summed E-state index contributed by atoms with van der Waals surface area (Å²) in [6.07, 6.45) is 1.55. The van der Waals surface area contributed by atoms with Crippen molar-refractivity contribution in [3.05, 3.63) is 48.5 Å². The second kappa shape index (κ2) is 6.22. The summed E-state index contributed by atoms with van der Waals surface area (Å²) in [6.45, 7) is -2.88. The molecule has 3 nitrogen and oxygen atoms in total. The van der Waals surface area contributed by atoms with Gasteiger partial charge in [0.25, 0.3) is 0 Å². The van der Waals surface area contributed by atoms with Crippen LogP contribution in [0.2, 0.25) is 0 Å². The van der Waals surface area contributed by atoms with E-state index in [4.69, 9.17) is 0 Å². The highest BCUT2D eigenvalue weighted by Gasteiger charge is 2.11. The van der Waals surface area contributed by atoms with Gasteiger partial charge in [0, 0.05) is 23.8 Å². The van der Waals surface area contributed by atoms with Crippen molar-refractivity contribution in [2.24, 2.45) is 4.36 Å². The predicted octanol–water partition coefficient (Wildman–Crippen LogP) is 4.04. The third kappa shape index (κ3) is 3.58. The molecule has 0 bridgehead atoms. The maximum Gasteiger partial charge on any atom is 0.387 e. The maximum atomic E-state index is 12.4. The molecule has 1 unspecified atom stereocenters. The number of hydrogen-bond donors (Lipinski definition) is 0. The van der Waals surface area contributed by atoms with E-state index in [1.807, 2.05) is 0 Å². The molecule has 2 rings (SSSR count). The van der Waals surface area contributed by atoms with Gasteiger partial charge in [0.15, 0.2) is 0 Å². The first kappa shape index (κ1) is 15.4. The minimum atomic E-state index is -2.88. The van der Waals surface area contributed by atoms with Crippen LogP contribution >= 0.6 is 0 Å². The number of benzene rings is 2. The van der Waals surface area contributed by atoms with Gasteiger partial charge in [-0.3, -0.25) is 0 Å². The van der Waals surface area contributed by atoms with E-state index in [0.29, 0.717) is 16.0 Å². The average Bonchev–Trinajstić information content (AvgIpc) is 2.47. The lowest BCUT2D eigenvalue weighted by Crippen LogP contribution is -2.03. The van der Waals surface area contributed by atoms with Crippen molar-refractivity contribution >= 4 is 9.73 Å². The van der Waals surface area contributed by atoms with Crippen LogP contribution in [-0.4, -0.2) is 24.1 Å². The summed E-state index contributed by atoms with van der Waals surface area (Å²) in [5.74, 6) is 0.109. The molecule has 0 aliphatic heterocycles. The monoisotopic (exact) mass is 311 g/mol. The fourth-order valence-corrected chi connectivity index (χ4v) is 2.75. The molecule has 1 atom stereocenters. The van der Waals surface area contributed by atoms with Crippen LogP contribution in [0.5, 0.6) is 5.75 Å². The Morgan fingerprint density at radius 2 is 1.71 bits per heavy atom. The molecule has 0 N–H and O–H groups in total. The SMILES string of the molecule is CN=S(C)(=O)c1ccc(-c2ccccc2OC(F)F)cc1. The van der Waals surface area contributed by atoms with Crippen molar-refractivity contribution in [3.63, 3.8) is 0 Å². The summed E-state index contributed by atoms with van der Waals surface area (Å²) < 4.78 is 45.3. The van der Waals surface area contributed by atoms with Crippen molar-refractivity contribution in [2.45, 2.75) is 11.5 Å². The van der Waals surface area contributed by atoms with E-state index >= 15 is 0 Å². The normalized spacial score (nSPS) is 13.8. The quantitative estimate of drug-likeness (QED) is 0.854.